The summed E-state index contributed by atoms with van der Waals surface area (Å²) in [5, 5.41) is 0. The van der Waals surface area contributed by atoms with Crippen LogP contribution in [0.25, 0.3) is 11.4 Å². The highest BCUT2D eigenvalue weighted by Gasteiger charge is 2.07. The van der Waals surface area contributed by atoms with Gasteiger partial charge in [-0.25, -0.2) is 9.37 Å². The molecule has 0 saturated heterocycles. The molecule has 0 amide bonds. The molecule has 1 aromatic heterocycles. The van der Waals surface area contributed by atoms with Crippen molar-refractivity contribution in [3.63, 3.8) is 0 Å². The van der Waals surface area contributed by atoms with Crippen molar-refractivity contribution >= 4 is 15.9 Å². The van der Waals surface area contributed by atoms with Gasteiger partial charge in [-0.05, 0) is 18.2 Å². The van der Waals surface area contributed by atoms with Crippen LogP contribution in [0.3, 0.4) is 0 Å². The third kappa shape index (κ3) is 2.12. The second kappa shape index (κ2) is 3.94. The van der Waals surface area contributed by atoms with Crippen molar-refractivity contribution in [2.24, 2.45) is 0 Å². The molecule has 3 nitrogen and oxygen atoms in total. The van der Waals surface area contributed by atoms with E-state index in [9.17, 15) is 9.18 Å². The van der Waals surface area contributed by atoms with Gasteiger partial charge < -0.3 is 4.98 Å². The number of nitrogens with one attached hydrogen (secondary N) is 1. The molecule has 1 aromatic carbocycles. The van der Waals surface area contributed by atoms with Crippen molar-refractivity contribution in [2.45, 2.75) is 0 Å². The van der Waals surface area contributed by atoms with Gasteiger partial charge in [0.2, 0.25) is 0 Å². The molecule has 0 unspecified atom stereocenters. The summed E-state index contributed by atoms with van der Waals surface area (Å²) >= 11 is 3.23. The normalized spacial score (nSPS) is 10.3. The van der Waals surface area contributed by atoms with Crippen LogP contribution in [0, 0.1) is 5.82 Å². The molecule has 5 heteroatoms. The number of halogens is 2. The Labute approximate surface area is 93.1 Å². The average molecular weight is 269 g/mol. The lowest BCUT2D eigenvalue weighted by Gasteiger charge is -2.02. The Morgan fingerprint density at radius 2 is 2.13 bits per heavy atom. The number of nitrogens with zero attached hydrogens (tertiary/aromatic N) is 1. The summed E-state index contributed by atoms with van der Waals surface area (Å²) in [6, 6.07) is 5.74. The van der Waals surface area contributed by atoms with Crippen molar-refractivity contribution in [2.75, 3.05) is 0 Å². The molecular formula is C10H6BrFN2O. The van der Waals surface area contributed by atoms with Crippen molar-refractivity contribution in [3.05, 3.63) is 51.1 Å². The van der Waals surface area contributed by atoms with Crippen molar-refractivity contribution < 1.29 is 4.39 Å². The predicted octanol–water partition coefficient (Wildman–Crippen LogP) is 2.34. The van der Waals surface area contributed by atoms with E-state index in [-0.39, 0.29) is 16.9 Å². The van der Waals surface area contributed by atoms with E-state index in [0.717, 1.165) is 4.47 Å². The maximum atomic E-state index is 13.4. The van der Waals surface area contributed by atoms with Gasteiger partial charge in [0.1, 0.15) is 11.6 Å². The predicted molar refractivity (Wildman–Crippen MR) is 58.0 cm³/mol. The van der Waals surface area contributed by atoms with Crippen LogP contribution in [0.4, 0.5) is 4.39 Å². The molecule has 0 aliphatic carbocycles. The van der Waals surface area contributed by atoms with E-state index < -0.39 is 5.82 Å². The molecule has 2 aromatic rings. The molecular weight excluding hydrogens is 263 g/mol. The average Bonchev–Trinajstić information content (AvgIpc) is 2.22. The quantitative estimate of drug-likeness (QED) is 0.863. The first-order valence-electron chi connectivity index (χ1n) is 4.17. The largest absolute Gasteiger partial charge is 0.306 e. The highest BCUT2D eigenvalue weighted by atomic mass is 79.9. The number of aromatic nitrogens is 2. The van der Waals surface area contributed by atoms with Gasteiger partial charge in [0, 0.05) is 16.7 Å². The third-order valence-electron chi connectivity index (χ3n) is 1.85. The van der Waals surface area contributed by atoms with Crippen LogP contribution < -0.4 is 5.56 Å². The zero-order chi connectivity index (χ0) is 10.8. The number of hydrogen-bond acceptors (Lipinski definition) is 2. The lowest BCUT2D eigenvalue weighted by molar-refractivity contribution is 0.629. The molecule has 15 heavy (non-hydrogen) atoms. The molecule has 0 atom stereocenters. The summed E-state index contributed by atoms with van der Waals surface area (Å²) in [4.78, 5) is 17.4. The fourth-order valence-electron chi connectivity index (χ4n) is 1.19. The molecule has 1 heterocycles. The Hall–Kier alpha value is -1.49. The van der Waals surface area contributed by atoms with E-state index >= 15 is 0 Å². The first kappa shape index (κ1) is 10.0. The molecule has 0 spiro atoms. The lowest BCUT2D eigenvalue weighted by atomic mass is 10.2. The molecule has 0 bridgehead atoms. The topological polar surface area (TPSA) is 45.8 Å². The van der Waals surface area contributed by atoms with E-state index in [1.54, 1.807) is 12.1 Å². The Morgan fingerprint density at radius 1 is 1.33 bits per heavy atom. The van der Waals surface area contributed by atoms with Gasteiger partial charge in [-0.15, -0.1) is 0 Å². The van der Waals surface area contributed by atoms with Gasteiger partial charge in [0.05, 0.1) is 5.56 Å². The molecule has 0 radical (unpaired) electrons. The third-order valence-corrected chi connectivity index (χ3v) is 2.35. The highest BCUT2D eigenvalue weighted by Crippen LogP contribution is 2.22. The molecule has 0 aliphatic rings. The number of benzene rings is 1. The van der Waals surface area contributed by atoms with Crippen LogP contribution in [0.5, 0.6) is 0 Å². The standard InChI is InChI=1S/C10H6BrFN2O/c11-6-1-2-8(12)7(5-6)10-13-4-3-9(15)14-10/h1-5H,(H,13,14,15). The molecule has 76 valence electrons. The Kier molecular flexibility index (Phi) is 2.64. The minimum atomic E-state index is -0.424. The zero-order valence-electron chi connectivity index (χ0n) is 7.50. The highest BCUT2D eigenvalue weighted by molar-refractivity contribution is 9.10. The van der Waals surface area contributed by atoms with Gasteiger partial charge in [0.25, 0.3) is 5.56 Å². The van der Waals surface area contributed by atoms with Crippen LogP contribution in [0.1, 0.15) is 0 Å². The zero-order valence-corrected chi connectivity index (χ0v) is 9.08. The minimum Gasteiger partial charge on any atom is -0.306 e. The molecule has 1 N–H and O–H groups in total. The first-order valence-corrected chi connectivity index (χ1v) is 4.97. The minimum absolute atomic E-state index is 0.223. The second-order valence-electron chi connectivity index (χ2n) is 2.91. The van der Waals surface area contributed by atoms with Gasteiger partial charge in [-0.3, -0.25) is 4.79 Å². The smallest absolute Gasteiger partial charge is 0.251 e. The van der Waals surface area contributed by atoms with Crippen molar-refractivity contribution in [1.82, 2.24) is 9.97 Å². The summed E-state index contributed by atoms with van der Waals surface area (Å²) in [6.07, 6.45) is 1.34. The van der Waals surface area contributed by atoms with Crippen LogP contribution in [0.15, 0.2) is 39.7 Å². The molecule has 0 fully saturated rings. The van der Waals surface area contributed by atoms with E-state index in [2.05, 4.69) is 25.9 Å². The molecule has 0 saturated carbocycles. The monoisotopic (exact) mass is 268 g/mol. The summed E-state index contributed by atoms with van der Waals surface area (Å²) in [5.41, 5.74) is -0.0403. The van der Waals surface area contributed by atoms with Gasteiger partial charge in [-0.2, -0.15) is 0 Å². The Bertz CT molecular complexity index is 553. The summed E-state index contributed by atoms with van der Waals surface area (Å²) in [7, 11) is 0. The van der Waals surface area contributed by atoms with E-state index in [1.165, 1.54) is 18.3 Å². The molecule has 2 rings (SSSR count). The van der Waals surface area contributed by atoms with Crippen LogP contribution >= 0.6 is 15.9 Å². The maximum absolute atomic E-state index is 13.4. The Balaban J connectivity index is 2.63. The maximum Gasteiger partial charge on any atom is 0.251 e. The van der Waals surface area contributed by atoms with Gasteiger partial charge in [-0.1, -0.05) is 15.9 Å². The number of hydrogen-bond donors (Lipinski definition) is 1. The van der Waals surface area contributed by atoms with Crippen molar-refractivity contribution in [3.8, 4) is 11.4 Å². The number of aromatic amines is 1. The lowest BCUT2D eigenvalue weighted by Crippen LogP contribution is -2.06. The molecule has 0 aliphatic heterocycles. The number of rotatable bonds is 1. The van der Waals surface area contributed by atoms with Gasteiger partial charge >= 0.3 is 0 Å². The van der Waals surface area contributed by atoms with Crippen LogP contribution in [0.2, 0.25) is 0 Å². The van der Waals surface area contributed by atoms with E-state index in [4.69, 9.17) is 0 Å². The second-order valence-corrected chi connectivity index (χ2v) is 3.82. The van der Waals surface area contributed by atoms with E-state index in [1.807, 2.05) is 0 Å². The summed E-state index contributed by atoms with van der Waals surface area (Å²) in [6.45, 7) is 0. The van der Waals surface area contributed by atoms with Crippen LogP contribution in [-0.4, -0.2) is 9.97 Å². The summed E-state index contributed by atoms with van der Waals surface area (Å²) in [5.74, 6) is -0.200. The SMILES string of the molecule is O=c1ccnc(-c2cc(Br)ccc2F)[nH]1. The van der Waals surface area contributed by atoms with Crippen molar-refractivity contribution in [1.29, 1.82) is 0 Å². The fourth-order valence-corrected chi connectivity index (χ4v) is 1.55. The van der Waals surface area contributed by atoms with Gasteiger partial charge in [0.15, 0.2) is 0 Å². The Morgan fingerprint density at radius 3 is 2.87 bits per heavy atom. The summed E-state index contributed by atoms with van der Waals surface area (Å²) < 4.78 is 14.1. The van der Waals surface area contributed by atoms with E-state index in [0.29, 0.717) is 0 Å². The first-order chi connectivity index (χ1) is 7.16. The fraction of sp³-hybridized carbons (Fsp3) is 0. The number of H-pyrrole nitrogens is 1. The van der Waals surface area contributed by atoms with Crippen LogP contribution in [-0.2, 0) is 0 Å².